The molecule has 0 spiro atoms. The van der Waals surface area contributed by atoms with Gasteiger partial charge in [0.25, 0.3) is 10.0 Å². The van der Waals surface area contributed by atoms with Crippen molar-refractivity contribution in [1.82, 2.24) is 9.62 Å². The van der Waals surface area contributed by atoms with Crippen molar-refractivity contribution in [3.8, 4) is 0 Å². The lowest BCUT2D eigenvalue weighted by molar-refractivity contribution is -0.133. The molecule has 5 nitrogen and oxygen atoms in total. The van der Waals surface area contributed by atoms with Gasteiger partial charge in [0, 0.05) is 13.1 Å². The molecule has 7 heteroatoms. The molecule has 1 aromatic heterocycles. The Bertz CT molecular complexity index is 783. The van der Waals surface area contributed by atoms with Crippen LogP contribution < -0.4 is 4.72 Å². The summed E-state index contributed by atoms with van der Waals surface area (Å²) >= 11 is 1.15. The number of nitrogens with zero attached hydrogens (tertiary/aromatic N) is 1. The molecule has 134 valence electrons. The summed E-state index contributed by atoms with van der Waals surface area (Å²) in [6.45, 7) is 1.40. The fourth-order valence-electron chi connectivity index (χ4n) is 3.03. The van der Waals surface area contributed by atoms with Gasteiger partial charge in [-0.05, 0) is 42.7 Å². The van der Waals surface area contributed by atoms with Crippen molar-refractivity contribution < 1.29 is 13.2 Å². The van der Waals surface area contributed by atoms with Gasteiger partial charge in [-0.3, -0.25) is 4.79 Å². The van der Waals surface area contributed by atoms with Gasteiger partial charge in [-0.25, -0.2) is 8.42 Å². The first-order valence-corrected chi connectivity index (χ1v) is 10.8. The van der Waals surface area contributed by atoms with Crippen LogP contribution >= 0.6 is 11.3 Å². The van der Waals surface area contributed by atoms with E-state index in [1.807, 2.05) is 30.3 Å². The number of rotatable bonds is 6. The first-order chi connectivity index (χ1) is 12.1. The molecule has 1 fully saturated rings. The average Bonchev–Trinajstić information content (AvgIpc) is 3.18. The van der Waals surface area contributed by atoms with Crippen molar-refractivity contribution in [2.45, 2.75) is 35.9 Å². The molecule has 0 aliphatic carbocycles. The van der Waals surface area contributed by atoms with Crippen LogP contribution in [-0.2, 0) is 21.2 Å². The number of hydrogen-bond donors (Lipinski definition) is 1. The maximum Gasteiger partial charge on any atom is 0.250 e. The Morgan fingerprint density at radius 2 is 1.80 bits per heavy atom. The molecule has 1 unspecified atom stereocenters. The van der Waals surface area contributed by atoms with Crippen LogP contribution in [0.4, 0.5) is 0 Å². The van der Waals surface area contributed by atoms with Crippen molar-refractivity contribution >= 4 is 27.3 Å². The van der Waals surface area contributed by atoms with Crippen LogP contribution in [0.1, 0.15) is 24.8 Å². The van der Waals surface area contributed by atoms with E-state index in [2.05, 4.69) is 4.72 Å². The van der Waals surface area contributed by atoms with E-state index in [0.717, 1.165) is 36.2 Å². The number of thiophene rings is 1. The molecule has 3 rings (SSSR count). The van der Waals surface area contributed by atoms with Gasteiger partial charge in [0.05, 0.1) is 0 Å². The quantitative estimate of drug-likeness (QED) is 0.840. The van der Waals surface area contributed by atoms with E-state index in [-0.39, 0.29) is 10.1 Å². The van der Waals surface area contributed by atoms with E-state index in [4.69, 9.17) is 0 Å². The molecule has 1 atom stereocenters. The Kier molecular flexibility index (Phi) is 5.88. The van der Waals surface area contributed by atoms with Crippen LogP contribution in [0.2, 0.25) is 0 Å². The maximum absolute atomic E-state index is 13.0. The average molecular weight is 379 g/mol. The summed E-state index contributed by atoms with van der Waals surface area (Å²) in [5.74, 6) is -0.135. The summed E-state index contributed by atoms with van der Waals surface area (Å²) in [6, 6.07) is 12.0. The highest BCUT2D eigenvalue weighted by atomic mass is 32.2. The van der Waals surface area contributed by atoms with Gasteiger partial charge in [-0.1, -0.05) is 36.4 Å². The number of piperidine rings is 1. The van der Waals surface area contributed by atoms with Crippen LogP contribution in [0.5, 0.6) is 0 Å². The third-order valence-electron chi connectivity index (χ3n) is 4.31. The summed E-state index contributed by atoms with van der Waals surface area (Å²) in [5, 5.41) is 1.72. The van der Waals surface area contributed by atoms with Crippen LogP contribution in [-0.4, -0.2) is 38.4 Å². The van der Waals surface area contributed by atoms with Crippen LogP contribution in [0, 0.1) is 0 Å². The Morgan fingerprint density at radius 3 is 2.44 bits per heavy atom. The standard InChI is InChI=1S/C18H22N2O3S2/c21-18(20-11-5-2-6-12-20)16(14-15-8-3-1-4-9-15)19-25(22,23)17-10-7-13-24-17/h1,3-4,7-10,13,16,19H,2,5-6,11-12,14H2. The Balaban J connectivity index is 1.82. The number of benzene rings is 1. The number of hydrogen-bond acceptors (Lipinski definition) is 4. The number of likely N-dealkylation sites (tertiary alicyclic amines) is 1. The van der Waals surface area contributed by atoms with Crippen molar-refractivity contribution in [2.75, 3.05) is 13.1 Å². The van der Waals surface area contributed by atoms with Gasteiger partial charge < -0.3 is 4.90 Å². The van der Waals surface area contributed by atoms with E-state index in [1.165, 1.54) is 0 Å². The van der Waals surface area contributed by atoms with Gasteiger partial charge in [0.1, 0.15) is 10.3 Å². The fourth-order valence-corrected chi connectivity index (χ4v) is 5.22. The second-order valence-electron chi connectivity index (χ2n) is 6.18. The fraction of sp³-hybridized carbons (Fsp3) is 0.389. The Labute approximate surface area is 152 Å². The molecule has 1 amide bonds. The Morgan fingerprint density at radius 1 is 1.08 bits per heavy atom. The SMILES string of the molecule is O=C(C(Cc1ccccc1)NS(=O)(=O)c1cccs1)N1CCCCC1. The van der Waals surface area contributed by atoms with E-state index < -0.39 is 16.1 Å². The lowest BCUT2D eigenvalue weighted by Crippen LogP contribution is -2.50. The lowest BCUT2D eigenvalue weighted by Gasteiger charge is -2.30. The smallest absolute Gasteiger partial charge is 0.250 e. The zero-order chi connectivity index (χ0) is 17.7. The lowest BCUT2D eigenvalue weighted by atomic mass is 10.0. The number of carbonyl (C=O) groups excluding carboxylic acids is 1. The van der Waals surface area contributed by atoms with Gasteiger partial charge in [0.2, 0.25) is 5.91 Å². The molecular formula is C18H22N2O3S2. The highest BCUT2D eigenvalue weighted by molar-refractivity contribution is 7.91. The molecule has 1 aromatic carbocycles. The third-order valence-corrected chi connectivity index (χ3v) is 7.17. The van der Waals surface area contributed by atoms with Crippen LogP contribution in [0.15, 0.2) is 52.1 Å². The molecule has 2 aromatic rings. The van der Waals surface area contributed by atoms with Gasteiger partial charge >= 0.3 is 0 Å². The van der Waals surface area contributed by atoms with Crippen molar-refractivity contribution in [1.29, 1.82) is 0 Å². The minimum absolute atomic E-state index is 0.135. The van der Waals surface area contributed by atoms with Gasteiger partial charge in [-0.15, -0.1) is 11.3 Å². The van der Waals surface area contributed by atoms with Crippen molar-refractivity contribution in [3.05, 3.63) is 53.4 Å². The Hall–Kier alpha value is -1.70. The minimum Gasteiger partial charge on any atom is -0.341 e. The number of carbonyl (C=O) groups is 1. The van der Waals surface area contributed by atoms with E-state index in [9.17, 15) is 13.2 Å². The largest absolute Gasteiger partial charge is 0.341 e. The highest BCUT2D eigenvalue weighted by Crippen LogP contribution is 2.18. The second-order valence-corrected chi connectivity index (χ2v) is 9.07. The van der Waals surface area contributed by atoms with E-state index >= 15 is 0 Å². The monoisotopic (exact) mass is 378 g/mol. The van der Waals surface area contributed by atoms with E-state index in [1.54, 1.807) is 22.4 Å². The molecule has 1 aliphatic heterocycles. The van der Waals surface area contributed by atoms with Crippen molar-refractivity contribution in [3.63, 3.8) is 0 Å². The minimum atomic E-state index is -3.70. The molecule has 0 bridgehead atoms. The summed E-state index contributed by atoms with van der Waals surface area (Å²) in [6.07, 6.45) is 3.41. The first kappa shape index (κ1) is 18.1. The van der Waals surface area contributed by atoms with Crippen LogP contribution in [0.25, 0.3) is 0 Å². The molecule has 0 saturated carbocycles. The number of amides is 1. The maximum atomic E-state index is 13.0. The molecule has 1 saturated heterocycles. The number of nitrogens with one attached hydrogen (secondary N) is 1. The van der Waals surface area contributed by atoms with Crippen LogP contribution in [0.3, 0.4) is 0 Å². The topological polar surface area (TPSA) is 66.5 Å². The zero-order valence-electron chi connectivity index (χ0n) is 13.9. The summed E-state index contributed by atoms with van der Waals surface area (Å²) in [4.78, 5) is 14.7. The predicted octanol–water partition coefficient (Wildman–Crippen LogP) is 2.65. The van der Waals surface area contributed by atoms with Crippen molar-refractivity contribution in [2.24, 2.45) is 0 Å². The highest BCUT2D eigenvalue weighted by Gasteiger charge is 2.30. The van der Waals surface area contributed by atoms with E-state index in [0.29, 0.717) is 19.5 Å². The van der Waals surface area contributed by atoms with Gasteiger partial charge in [0.15, 0.2) is 0 Å². The predicted molar refractivity (Wildman–Crippen MR) is 99.0 cm³/mol. The molecule has 25 heavy (non-hydrogen) atoms. The third kappa shape index (κ3) is 4.68. The van der Waals surface area contributed by atoms with Gasteiger partial charge in [-0.2, -0.15) is 4.72 Å². The second kappa shape index (κ2) is 8.12. The summed E-state index contributed by atoms with van der Waals surface area (Å²) < 4.78 is 28.1. The normalized spacial score (nSPS) is 16.6. The molecule has 1 N–H and O–H groups in total. The summed E-state index contributed by atoms with van der Waals surface area (Å²) in [7, 11) is -3.70. The molecular weight excluding hydrogens is 356 g/mol. The first-order valence-electron chi connectivity index (χ1n) is 8.45. The summed E-state index contributed by atoms with van der Waals surface area (Å²) in [5.41, 5.74) is 0.937. The zero-order valence-corrected chi connectivity index (χ0v) is 15.6. The molecule has 2 heterocycles. The number of sulfonamides is 1. The molecule has 0 radical (unpaired) electrons. The molecule has 1 aliphatic rings.